The number of fused-ring (bicyclic) bond motifs is 3. The van der Waals surface area contributed by atoms with E-state index in [1.54, 1.807) is 23.1 Å². The molecule has 0 saturated heterocycles. The van der Waals surface area contributed by atoms with Crippen molar-refractivity contribution in [3.05, 3.63) is 70.8 Å². The number of aliphatic hydroxyl groups excluding tert-OH is 3. The quantitative estimate of drug-likeness (QED) is 0.268. The molecule has 1 aliphatic carbocycles. The zero-order chi connectivity index (χ0) is 29.5. The van der Waals surface area contributed by atoms with Crippen LogP contribution in [0.2, 0.25) is 0 Å². The van der Waals surface area contributed by atoms with E-state index in [2.05, 4.69) is 5.32 Å². The normalized spacial score (nSPS) is 21.0. The van der Waals surface area contributed by atoms with Crippen LogP contribution < -0.4 is 14.8 Å². The fraction of sp³-hybridized carbons (Fsp3) is 0.484. The SMILES string of the molecule is COc1cc(CO)cc2c1OC1C2C(C(=O)NCCO)=CC(N(CCCOC(C)C)C(=O)Cc2ccccc2)C1O. The molecule has 4 N–H and O–H groups in total. The molecule has 0 saturated carbocycles. The minimum Gasteiger partial charge on any atom is -0.493 e. The molecule has 2 aliphatic rings. The highest BCUT2D eigenvalue weighted by Gasteiger charge is 2.51. The summed E-state index contributed by atoms with van der Waals surface area (Å²) >= 11 is 0. The van der Waals surface area contributed by atoms with Crippen LogP contribution in [0.15, 0.2) is 54.1 Å². The molecule has 0 fully saturated rings. The molecule has 2 aromatic rings. The molecule has 10 heteroatoms. The number of amides is 2. The Bertz CT molecular complexity index is 1230. The Morgan fingerprint density at radius 3 is 2.54 bits per heavy atom. The second kappa shape index (κ2) is 14.0. The number of methoxy groups -OCH3 is 1. The fourth-order valence-electron chi connectivity index (χ4n) is 5.48. The minimum absolute atomic E-state index is 0.0374. The highest BCUT2D eigenvalue weighted by atomic mass is 16.5. The van der Waals surface area contributed by atoms with Gasteiger partial charge in [0.05, 0.1) is 44.8 Å². The fourth-order valence-corrected chi connectivity index (χ4v) is 5.48. The number of ether oxygens (including phenoxy) is 3. The predicted molar refractivity (Wildman–Crippen MR) is 152 cm³/mol. The molecular formula is C31H40N2O8. The van der Waals surface area contributed by atoms with E-state index in [1.807, 2.05) is 44.2 Å². The van der Waals surface area contributed by atoms with E-state index >= 15 is 0 Å². The average molecular weight is 569 g/mol. The highest BCUT2D eigenvalue weighted by molar-refractivity contribution is 5.96. The average Bonchev–Trinajstić information content (AvgIpc) is 3.36. The van der Waals surface area contributed by atoms with Crippen LogP contribution in [0.3, 0.4) is 0 Å². The monoisotopic (exact) mass is 568 g/mol. The molecule has 1 heterocycles. The first-order valence-electron chi connectivity index (χ1n) is 14.0. The number of nitrogens with one attached hydrogen (secondary N) is 1. The van der Waals surface area contributed by atoms with Crippen molar-refractivity contribution >= 4 is 11.8 Å². The molecule has 4 atom stereocenters. The maximum Gasteiger partial charge on any atom is 0.247 e. The summed E-state index contributed by atoms with van der Waals surface area (Å²) in [5.74, 6) is -0.555. The van der Waals surface area contributed by atoms with Gasteiger partial charge in [0.1, 0.15) is 12.2 Å². The Balaban J connectivity index is 1.74. The van der Waals surface area contributed by atoms with Gasteiger partial charge < -0.3 is 39.7 Å². The third-order valence-electron chi connectivity index (χ3n) is 7.37. The lowest BCUT2D eigenvalue weighted by atomic mass is 9.77. The molecule has 2 amide bonds. The van der Waals surface area contributed by atoms with Gasteiger partial charge in [0, 0.05) is 30.8 Å². The summed E-state index contributed by atoms with van der Waals surface area (Å²) in [5, 5.41) is 33.6. The Morgan fingerprint density at radius 1 is 1.12 bits per heavy atom. The molecule has 1 aliphatic heterocycles. The lowest BCUT2D eigenvalue weighted by Gasteiger charge is -2.41. The van der Waals surface area contributed by atoms with E-state index < -0.39 is 30.1 Å². The van der Waals surface area contributed by atoms with E-state index in [-0.39, 0.29) is 38.2 Å². The Hall–Kier alpha value is -3.44. The van der Waals surface area contributed by atoms with Crippen LogP contribution in [-0.4, -0.2) is 89.8 Å². The van der Waals surface area contributed by atoms with Crippen LogP contribution in [-0.2, 0) is 27.4 Å². The lowest BCUT2D eigenvalue weighted by molar-refractivity contribution is -0.136. The Morgan fingerprint density at radius 2 is 1.88 bits per heavy atom. The van der Waals surface area contributed by atoms with Crippen molar-refractivity contribution in [1.82, 2.24) is 10.2 Å². The number of nitrogens with zero attached hydrogens (tertiary/aromatic N) is 1. The van der Waals surface area contributed by atoms with Crippen molar-refractivity contribution in [2.45, 2.75) is 63.6 Å². The van der Waals surface area contributed by atoms with Crippen molar-refractivity contribution in [3.63, 3.8) is 0 Å². The summed E-state index contributed by atoms with van der Waals surface area (Å²) in [5.41, 5.74) is 2.32. The summed E-state index contributed by atoms with van der Waals surface area (Å²) in [6.45, 7) is 4.15. The summed E-state index contributed by atoms with van der Waals surface area (Å²) in [6.07, 6.45) is 0.269. The molecule has 0 aromatic heterocycles. The number of aliphatic hydroxyl groups is 3. The zero-order valence-corrected chi connectivity index (χ0v) is 23.8. The molecule has 41 heavy (non-hydrogen) atoms. The van der Waals surface area contributed by atoms with Gasteiger partial charge in [0.25, 0.3) is 0 Å². The lowest BCUT2D eigenvalue weighted by Crippen LogP contribution is -2.56. The van der Waals surface area contributed by atoms with Crippen LogP contribution >= 0.6 is 0 Å². The van der Waals surface area contributed by atoms with Crippen LogP contribution in [0.1, 0.15) is 42.9 Å². The summed E-state index contributed by atoms with van der Waals surface area (Å²) in [4.78, 5) is 28.8. The van der Waals surface area contributed by atoms with Gasteiger partial charge in [0.15, 0.2) is 11.5 Å². The van der Waals surface area contributed by atoms with Crippen molar-refractivity contribution < 1.29 is 39.1 Å². The first-order valence-corrected chi connectivity index (χ1v) is 14.0. The Labute approximate surface area is 240 Å². The first kappa shape index (κ1) is 30.5. The molecule has 10 nitrogen and oxygen atoms in total. The molecule has 4 unspecified atom stereocenters. The largest absolute Gasteiger partial charge is 0.493 e. The summed E-state index contributed by atoms with van der Waals surface area (Å²) < 4.78 is 17.5. The molecule has 4 rings (SSSR count). The van der Waals surface area contributed by atoms with Crippen LogP contribution in [0.4, 0.5) is 0 Å². The van der Waals surface area contributed by atoms with Crippen molar-refractivity contribution in [2.24, 2.45) is 0 Å². The number of hydrogen-bond acceptors (Lipinski definition) is 8. The third kappa shape index (κ3) is 6.90. The number of carbonyl (C=O) groups excluding carboxylic acids is 2. The minimum atomic E-state index is -1.17. The van der Waals surface area contributed by atoms with E-state index in [0.29, 0.717) is 47.8 Å². The first-order chi connectivity index (χ1) is 19.8. The van der Waals surface area contributed by atoms with Crippen molar-refractivity contribution in [2.75, 3.05) is 33.4 Å². The second-order valence-corrected chi connectivity index (χ2v) is 10.5. The maximum absolute atomic E-state index is 13.8. The number of hydrogen-bond donors (Lipinski definition) is 4. The maximum atomic E-state index is 13.8. The van der Waals surface area contributed by atoms with Gasteiger partial charge in [-0.2, -0.15) is 0 Å². The van der Waals surface area contributed by atoms with E-state index in [1.165, 1.54) is 7.11 Å². The number of benzene rings is 2. The number of rotatable bonds is 13. The van der Waals surface area contributed by atoms with Gasteiger partial charge in [-0.3, -0.25) is 9.59 Å². The van der Waals surface area contributed by atoms with Crippen LogP contribution in [0.25, 0.3) is 0 Å². The standard InChI is InChI=1S/C31H40N2O8/c1-19(2)40-13-7-11-33(26(36)16-20-8-5-4-6-9-20)24-17-23(31(38)32-10-12-34)27-22-14-21(18-35)15-25(39-3)29(22)41-30(27)28(24)37/h4-6,8-9,14-15,17,19,24,27-28,30,34-35,37H,7,10-13,16,18H2,1-3H3,(H,32,38). The molecular weight excluding hydrogens is 528 g/mol. The van der Waals surface area contributed by atoms with E-state index in [4.69, 9.17) is 14.2 Å². The topological polar surface area (TPSA) is 138 Å². The van der Waals surface area contributed by atoms with Gasteiger partial charge >= 0.3 is 0 Å². The van der Waals surface area contributed by atoms with Gasteiger partial charge in [0.2, 0.25) is 11.8 Å². The van der Waals surface area contributed by atoms with Gasteiger partial charge in [-0.05, 0) is 49.6 Å². The van der Waals surface area contributed by atoms with Crippen molar-refractivity contribution in [1.29, 1.82) is 0 Å². The van der Waals surface area contributed by atoms with Gasteiger partial charge in [-0.15, -0.1) is 0 Å². The van der Waals surface area contributed by atoms with Crippen LogP contribution in [0.5, 0.6) is 11.5 Å². The second-order valence-electron chi connectivity index (χ2n) is 10.5. The smallest absolute Gasteiger partial charge is 0.247 e. The van der Waals surface area contributed by atoms with Gasteiger partial charge in [-0.1, -0.05) is 30.3 Å². The number of carbonyl (C=O) groups is 2. The van der Waals surface area contributed by atoms with Gasteiger partial charge in [-0.25, -0.2) is 0 Å². The molecule has 2 aromatic carbocycles. The molecule has 0 bridgehead atoms. The zero-order valence-electron chi connectivity index (χ0n) is 23.8. The van der Waals surface area contributed by atoms with Crippen molar-refractivity contribution in [3.8, 4) is 11.5 Å². The third-order valence-corrected chi connectivity index (χ3v) is 7.37. The van der Waals surface area contributed by atoms with E-state index in [0.717, 1.165) is 5.56 Å². The van der Waals surface area contributed by atoms with Crippen LogP contribution in [0, 0.1) is 0 Å². The Kier molecular flexibility index (Phi) is 10.4. The summed E-state index contributed by atoms with van der Waals surface area (Å²) in [7, 11) is 1.48. The highest BCUT2D eigenvalue weighted by Crippen LogP contribution is 2.51. The molecule has 0 spiro atoms. The molecule has 0 radical (unpaired) electrons. The van der Waals surface area contributed by atoms with E-state index in [9.17, 15) is 24.9 Å². The summed E-state index contributed by atoms with van der Waals surface area (Å²) in [6, 6.07) is 11.9. The molecule has 222 valence electrons. The predicted octanol–water partition coefficient (Wildman–Crippen LogP) is 1.70.